The summed E-state index contributed by atoms with van der Waals surface area (Å²) in [4.78, 5) is 11.0. The van der Waals surface area contributed by atoms with E-state index in [1.165, 1.54) is 10.3 Å². The van der Waals surface area contributed by atoms with Gasteiger partial charge in [0.2, 0.25) is 0 Å². The van der Waals surface area contributed by atoms with Crippen LogP contribution in [-0.2, 0) is 11.2 Å². The van der Waals surface area contributed by atoms with Crippen LogP contribution in [0.25, 0.3) is 0 Å². The minimum atomic E-state index is -0.744. The molecule has 2 atom stereocenters. The van der Waals surface area contributed by atoms with Gasteiger partial charge in [0.1, 0.15) is 0 Å². The van der Waals surface area contributed by atoms with E-state index in [1.807, 2.05) is 32.0 Å². The molecule has 1 heterocycles. The zero-order chi connectivity index (χ0) is 20.6. The maximum absolute atomic E-state index is 12.3. The molecule has 0 amide bonds. The van der Waals surface area contributed by atoms with Crippen LogP contribution in [0.3, 0.4) is 0 Å². The second-order valence-electron chi connectivity index (χ2n) is 7.97. The lowest BCUT2D eigenvalue weighted by Gasteiger charge is -2.26. The van der Waals surface area contributed by atoms with Gasteiger partial charge in [0.15, 0.2) is 11.7 Å². The van der Waals surface area contributed by atoms with Crippen molar-refractivity contribution in [2.45, 2.75) is 64.8 Å². The highest BCUT2D eigenvalue weighted by Gasteiger charge is 2.31. The van der Waals surface area contributed by atoms with Crippen molar-refractivity contribution >= 4 is 17.7 Å². The predicted octanol–water partition coefficient (Wildman–Crippen LogP) is 4.41. The lowest BCUT2D eigenvalue weighted by molar-refractivity contribution is -0.619. The molecule has 0 saturated heterocycles. The van der Waals surface area contributed by atoms with Crippen molar-refractivity contribution in [2.75, 3.05) is 11.5 Å². The third-order valence-corrected chi connectivity index (χ3v) is 6.75. The fourth-order valence-corrected chi connectivity index (χ4v) is 4.79. The quantitative estimate of drug-likeness (QED) is 0.422. The van der Waals surface area contributed by atoms with Gasteiger partial charge in [-0.1, -0.05) is 66.6 Å². The molecule has 0 radical (unpaired) electrons. The number of rotatable bonds is 11. The van der Waals surface area contributed by atoms with Crippen LogP contribution in [0.15, 0.2) is 41.8 Å². The van der Waals surface area contributed by atoms with Crippen LogP contribution < -0.4 is 5.11 Å². The number of benzene rings is 1. The number of nitrogens with one attached hydrogen (secondary N) is 1. The molecular weight excluding hydrogens is 372 g/mol. The molecule has 6 heteroatoms. The Morgan fingerprint density at radius 2 is 2.07 bits per heavy atom. The number of carboxylic acid groups (broad SMARTS) is 1. The number of carbonyl (C=O) groups is 1. The number of hydrogen-bond donors (Lipinski definition) is 2. The molecule has 0 bridgehead atoms. The Kier molecular flexibility index (Phi) is 8.55. The van der Waals surface area contributed by atoms with Gasteiger partial charge in [-0.3, -0.25) is 4.79 Å². The highest BCUT2D eigenvalue weighted by atomic mass is 32.2. The fourth-order valence-electron chi connectivity index (χ4n) is 3.61. The summed E-state index contributed by atoms with van der Waals surface area (Å²) in [6.45, 7) is 4.07. The molecule has 0 aliphatic carbocycles. The largest absolute Gasteiger partial charge is 0.871 e. The Morgan fingerprint density at radius 3 is 2.71 bits per heavy atom. The summed E-state index contributed by atoms with van der Waals surface area (Å²) in [5, 5.41) is 21.4. The summed E-state index contributed by atoms with van der Waals surface area (Å²) >= 11 is 1.75. The van der Waals surface area contributed by atoms with Gasteiger partial charge >= 0.3 is 5.97 Å². The summed E-state index contributed by atoms with van der Waals surface area (Å²) in [5.41, 5.74) is 10.1. The molecule has 1 aromatic rings. The molecule has 1 aromatic carbocycles. The molecule has 154 valence electrons. The van der Waals surface area contributed by atoms with Gasteiger partial charge in [0.25, 0.3) is 0 Å². The average Bonchev–Trinajstić information content (AvgIpc) is 2.66. The minimum Gasteiger partial charge on any atom is -0.871 e. The molecule has 0 fully saturated rings. The Bertz CT molecular complexity index is 705. The van der Waals surface area contributed by atoms with Gasteiger partial charge in [-0.2, -0.15) is 11.8 Å². The van der Waals surface area contributed by atoms with E-state index < -0.39 is 5.97 Å². The van der Waals surface area contributed by atoms with Crippen LogP contribution in [0.2, 0.25) is 0 Å². The van der Waals surface area contributed by atoms with Gasteiger partial charge in [-0.25, -0.2) is 0 Å². The molecule has 0 spiro atoms. The molecule has 2 rings (SSSR count). The molecule has 2 N–H and O–H groups in total. The minimum absolute atomic E-state index is 0.0547. The standard InChI is InChI=1S/C22H32N2O3S/c1-3-22(2,16-21(26)27)12-14-28-13-11-19-20(25)10-9-18(24(19)23)15-17-7-5-4-6-8-17/h4-8,18H,3,9-16H2,1-2H3,(H2-,23,25,26,27). The highest BCUT2D eigenvalue weighted by Crippen LogP contribution is 2.32. The molecule has 0 saturated carbocycles. The summed E-state index contributed by atoms with van der Waals surface area (Å²) < 4.78 is 1.46. The van der Waals surface area contributed by atoms with E-state index in [4.69, 9.17) is 10.6 Å². The Labute approximate surface area is 172 Å². The SMILES string of the molecule is CCC(C)(CCSCCC1=C([O-])CCC(Cc2ccccc2)[N+]1=N)CC(=O)O. The van der Waals surface area contributed by atoms with Crippen LogP contribution in [-0.4, -0.2) is 33.3 Å². The van der Waals surface area contributed by atoms with Crippen molar-refractivity contribution in [3.05, 3.63) is 47.4 Å². The summed E-state index contributed by atoms with van der Waals surface area (Å²) in [5.74, 6) is 1.03. The van der Waals surface area contributed by atoms with Gasteiger partial charge in [-0.15, -0.1) is 0 Å². The van der Waals surface area contributed by atoms with Crippen molar-refractivity contribution in [2.24, 2.45) is 5.41 Å². The second-order valence-corrected chi connectivity index (χ2v) is 9.19. The first kappa shape index (κ1) is 22.5. The average molecular weight is 405 g/mol. The van der Waals surface area contributed by atoms with E-state index >= 15 is 0 Å². The number of aliphatic carboxylic acids is 1. The second kappa shape index (κ2) is 10.6. The van der Waals surface area contributed by atoms with E-state index in [2.05, 4.69) is 12.1 Å². The lowest BCUT2D eigenvalue weighted by Crippen LogP contribution is -2.33. The molecule has 1 aliphatic heterocycles. The maximum atomic E-state index is 12.3. The van der Waals surface area contributed by atoms with Crippen LogP contribution in [0.5, 0.6) is 0 Å². The Hall–Kier alpha value is -1.82. The van der Waals surface area contributed by atoms with Crippen molar-refractivity contribution in [3.8, 4) is 0 Å². The van der Waals surface area contributed by atoms with Crippen LogP contribution in [0, 0.1) is 10.9 Å². The fraction of sp³-hybridized carbons (Fsp3) is 0.591. The maximum Gasteiger partial charge on any atom is 0.303 e. The number of allylic oxidation sites excluding steroid dienone is 2. The third-order valence-electron chi connectivity index (χ3n) is 5.76. The Balaban J connectivity index is 1.82. The van der Waals surface area contributed by atoms with E-state index in [9.17, 15) is 9.90 Å². The van der Waals surface area contributed by atoms with E-state index in [0.29, 0.717) is 18.5 Å². The van der Waals surface area contributed by atoms with Crippen molar-refractivity contribution < 1.29 is 19.7 Å². The molecule has 5 nitrogen and oxygen atoms in total. The summed E-state index contributed by atoms with van der Waals surface area (Å²) in [7, 11) is 0. The zero-order valence-electron chi connectivity index (χ0n) is 16.9. The van der Waals surface area contributed by atoms with Crippen molar-refractivity contribution in [1.29, 1.82) is 5.53 Å². The number of carboxylic acids is 1. The lowest BCUT2D eigenvalue weighted by atomic mass is 9.81. The monoisotopic (exact) mass is 404 g/mol. The van der Waals surface area contributed by atoms with E-state index in [-0.39, 0.29) is 23.6 Å². The van der Waals surface area contributed by atoms with Gasteiger partial charge < -0.3 is 10.2 Å². The normalized spacial score (nSPS) is 19.5. The van der Waals surface area contributed by atoms with Crippen LogP contribution in [0.4, 0.5) is 0 Å². The predicted molar refractivity (Wildman–Crippen MR) is 110 cm³/mol. The first-order valence-corrected chi connectivity index (χ1v) is 11.2. The molecule has 28 heavy (non-hydrogen) atoms. The summed E-state index contributed by atoms with van der Waals surface area (Å²) in [6.07, 6.45) is 4.56. The van der Waals surface area contributed by atoms with Crippen molar-refractivity contribution in [1.82, 2.24) is 0 Å². The van der Waals surface area contributed by atoms with Crippen LogP contribution in [0.1, 0.15) is 57.9 Å². The highest BCUT2D eigenvalue weighted by molar-refractivity contribution is 7.99. The molecular formula is C22H32N2O3S. The smallest absolute Gasteiger partial charge is 0.303 e. The van der Waals surface area contributed by atoms with E-state index in [1.54, 1.807) is 11.8 Å². The van der Waals surface area contributed by atoms with Gasteiger partial charge in [0, 0.05) is 25.0 Å². The van der Waals surface area contributed by atoms with Crippen molar-refractivity contribution in [3.63, 3.8) is 0 Å². The number of nitrogens with zero attached hydrogens (tertiary/aromatic N) is 1. The van der Waals surface area contributed by atoms with Crippen LogP contribution >= 0.6 is 11.8 Å². The summed E-state index contributed by atoms with van der Waals surface area (Å²) in [6, 6.07) is 10.2. The number of thioether (sulfide) groups is 1. The van der Waals surface area contributed by atoms with Gasteiger partial charge in [0.05, 0.1) is 6.42 Å². The topological polar surface area (TPSA) is 87.2 Å². The first-order chi connectivity index (χ1) is 13.3. The Morgan fingerprint density at radius 1 is 1.36 bits per heavy atom. The zero-order valence-corrected chi connectivity index (χ0v) is 17.8. The first-order valence-electron chi connectivity index (χ1n) is 10.1. The van der Waals surface area contributed by atoms with Gasteiger partial charge in [-0.05, 0) is 29.6 Å². The van der Waals surface area contributed by atoms with E-state index in [0.717, 1.165) is 37.2 Å². The molecule has 2 unspecified atom stereocenters. The molecule has 0 aromatic heterocycles. The number of hydrogen-bond acceptors (Lipinski definition) is 4. The molecule has 1 aliphatic rings. The third kappa shape index (κ3) is 6.66.